The van der Waals surface area contributed by atoms with Gasteiger partial charge < -0.3 is 10.4 Å². The molecule has 0 radical (unpaired) electrons. The predicted octanol–water partition coefficient (Wildman–Crippen LogP) is 4.13. The van der Waals surface area contributed by atoms with E-state index in [2.05, 4.69) is 12.2 Å². The van der Waals surface area contributed by atoms with Crippen LogP contribution in [-0.2, 0) is 0 Å². The van der Waals surface area contributed by atoms with Crippen molar-refractivity contribution in [2.75, 3.05) is 0 Å². The van der Waals surface area contributed by atoms with Gasteiger partial charge >= 0.3 is 0 Å². The van der Waals surface area contributed by atoms with Crippen molar-refractivity contribution >= 4 is 0 Å². The maximum absolute atomic E-state index is 12.9. The molecule has 1 fully saturated rings. The van der Waals surface area contributed by atoms with Gasteiger partial charge in [0.25, 0.3) is 0 Å². The zero-order valence-electron chi connectivity index (χ0n) is 12.1. The molecule has 1 atom stereocenters. The maximum Gasteiger partial charge on any atom is 0.123 e. The molecule has 1 aliphatic carbocycles. The second-order valence-corrected chi connectivity index (χ2v) is 5.90. The SMILES string of the molecule is CC(NC1CC(c2ccc(F)cc2)C1)c1cccc(O)c1. The van der Waals surface area contributed by atoms with E-state index in [1.807, 2.05) is 24.3 Å². The topological polar surface area (TPSA) is 32.3 Å². The van der Waals surface area contributed by atoms with E-state index in [9.17, 15) is 9.50 Å². The molecule has 0 aromatic heterocycles. The molecule has 1 aliphatic rings. The highest BCUT2D eigenvalue weighted by atomic mass is 19.1. The number of phenols is 1. The number of halogens is 1. The van der Waals surface area contributed by atoms with Crippen LogP contribution < -0.4 is 5.32 Å². The van der Waals surface area contributed by atoms with Crippen LogP contribution in [0.15, 0.2) is 48.5 Å². The van der Waals surface area contributed by atoms with Crippen LogP contribution in [0.5, 0.6) is 5.75 Å². The Morgan fingerprint density at radius 2 is 1.86 bits per heavy atom. The zero-order chi connectivity index (χ0) is 14.8. The zero-order valence-corrected chi connectivity index (χ0v) is 12.1. The van der Waals surface area contributed by atoms with Crippen molar-refractivity contribution in [2.45, 2.75) is 37.8 Å². The highest BCUT2D eigenvalue weighted by Crippen LogP contribution is 2.38. The van der Waals surface area contributed by atoms with E-state index < -0.39 is 0 Å². The van der Waals surface area contributed by atoms with Crippen LogP contribution in [0, 0.1) is 5.82 Å². The lowest BCUT2D eigenvalue weighted by atomic mass is 9.75. The van der Waals surface area contributed by atoms with E-state index in [0.717, 1.165) is 18.4 Å². The third kappa shape index (κ3) is 3.24. The van der Waals surface area contributed by atoms with E-state index in [1.165, 1.54) is 17.7 Å². The van der Waals surface area contributed by atoms with Gasteiger partial charge in [-0.3, -0.25) is 0 Å². The molecule has 2 aromatic carbocycles. The molecule has 3 heteroatoms. The number of rotatable bonds is 4. The molecule has 0 spiro atoms. The Morgan fingerprint density at radius 3 is 2.52 bits per heavy atom. The smallest absolute Gasteiger partial charge is 0.123 e. The first kappa shape index (κ1) is 14.1. The summed E-state index contributed by atoms with van der Waals surface area (Å²) in [6.45, 7) is 2.11. The lowest BCUT2D eigenvalue weighted by Gasteiger charge is -2.38. The molecule has 1 saturated carbocycles. The lowest BCUT2D eigenvalue weighted by Crippen LogP contribution is -2.41. The van der Waals surface area contributed by atoms with Crippen LogP contribution in [0.25, 0.3) is 0 Å². The van der Waals surface area contributed by atoms with E-state index in [0.29, 0.717) is 17.7 Å². The van der Waals surface area contributed by atoms with Crippen LogP contribution in [-0.4, -0.2) is 11.1 Å². The summed E-state index contributed by atoms with van der Waals surface area (Å²) >= 11 is 0. The van der Waals surface area contributed by atoms with Crippen LogP contribution in [0.4, 0.5) is 4.39 Å². The molecule has 2 aromatic rings. The third-order valence-electron chi connectivity index (χ3n) is 4.34. The number of hydrogen-bond acceptors (Lipinski definition) is 2. The van der Waals surface area contributed by atoms with Crippen molar-refractivity contribution in [2.24, 2.45) is 0 Å². The molecule has 110 valence electrons. The fourth-order valence-electron chi connectivity index (χ4n) is 3.00. The van der Waals surface area contributed by atoms with E-state index in [1.54, 1.807) is 12.1 Å². The fraction of sp³-hybridized carbons (Fsp3) is 0.333. The maximum atomic E-state index is 12.9. The molecule has 0 amide bonds. The van der Waals surface area contributed by atoms with Crippen molar-refractivity contribution in [3.05, 3.63) is 65.5 Å². The van der Waals surface area contributed by atoms with Gasteiger partial charge in [0.15, 0.2) is 0 Å². The van der Waals surface area contributed by atoms with Gasteiger partial charge in [0.1, 0.15) is 11.6 Å². The quantitative estimate of drug-likeness (QED) is 0.885. The van der Waals surface area contributed by atoms with Crippen molar-refractivity contribution < 1.29 is 9.50 Å². The molecule has 2 N–H and O–H groups in total. The monoisotopic (exact) mass is 285 g/mol. The second kappa shape index (κ2) is 5.86. The molecule has 0 bridgehead atoms. The Labute approximate surface area is 124 Å². The summed E-state index contributed by atoms with van der Waals surface area (Å²) in [5.74, 6) is 0.656. The predicted molar refractivity (Wildman–Crippen MR) is 81.8 cm³/mol. The van der Waals surface area contributed by atoms with Crippen LogP contribution >= 0.6 is 0 Å². The largest absolute Gasteiger partial charge is 0.508 e. The van der Waals surface area contributed by atoms with Gasteiger partial charge in [0.2, 0.25) is 0 Å². The van der Waals surface area contributed by atoms with Gasteiger partial charge in [-0.15, -0.1) is 0 Å². The molecule has 0 heterocycles. The van der Waals surface area contributed by atoms with E-state index >= 15 is 0 Å². The first-order chi connectivity index (χ1) is 10.1. The standard InChI is InChI=1S/C18H20FNO/c1-12(14-3-2-4-18(21)11-14)20-17-9-15(10-17)13-5-7-16(19)8-6-13/h2-8,11-12,15,17,20-21H,9-10H2,1H3. The van der Waals surface area contributed by atoms with Crippen LogP contribution in [0.3, 0.4) is 0 Å². The minimum absolute atomic E-state index is 0.176. The summed E-state index contributed by atoms with van der Waals surface area (Å²) in [5.41, 5.74) is 2.32. The number of hydrogen-bond donors (Lipinski definition) is 2. The van der Waals surface area contributed by atoms with Crippen molar-refractivity contribution in [1.82, 2.24) is 5.32 Å². The number of aromatic hydroxyl groups is 1. The first-order valence-electron chi connectivity index (χ1n) is 7.42. The molecule has 21 heavy (non-hydrogen) atoms. The molecular formula is C18H20FNO. The highest BCUT2D eigenvalue weighted by Gasteiger charge is 2.31. The Balaban J connectivity index is 1.54. The van der Waals surface area contributed by atoms with Gasteiger partial charge in [-0.1, -0.05) is 24.3 Å². The second-order valence-electron chi connectivity index (χ2n) is 5.90. The molecule has 1 unspecified atom stereocenters. The highest BCUT2D eigenvalue weighted by molar-refractivity contribution is 5.29. The first-order valence-corrected chi connectivity index (χ1v) is 7.42. The summed E-state index contributed by atoms with van der Waals surface area (Å²) in [6, 6.07) is 14.9. The molecule has 0 saturated heterocycles. The van der Waals surface area contributed by atoms with Crippen molar-refractivity contribution in [3.8, 4) is 5.75 Å². The Morgan fingerprint density at radius 1 is 1.14 bits per heavy atom. The van der Waals surface area contributed by atoms with E-state index in [-0.39, 0.29) is 11.9 Å². The average molecular weight is 285 g/mol. The van der Waals surface area contributed by atoms with Crippen LogP contribution in [0.1, 0.15) is 42.9 Å². The van der Waals surface area contributed by atoms with Gasteiger partial charge in [0, 0.05) is 12.1 Å². The molecule has 0 aliphatic heterocycles. The summed E-state index contributed by atoms with van der Waals surface area (Å²) in [7, 11) is 0. The van der Waals surface area contributed by atoms with Gasteiger partial charge in [-0.2, -0.15) is 0 Å². The Kier molecular flexibility index (Phi) is 3.93. The number of nitrogens with one attached hydrogen (secondary N) is 1. The third-order valence-corrected chi connectivity index (χ3v) is 4.34. The minimum Gasteiger partial charge on any atom is -0.508 e. The molecule has 3 rings (SSSR count). The van der Waals surface area contributed by atoms with Gasteiger partial charge in [-0.05, 0) is 61.1 Å². The number of phenolic OH excluding ortho intramolecular Hbond substituents is 1. The summed E-state index contributed by atoms with van der Waals surface area (Å²) in [4.78, 5) is 0. The molecular weight excluding hydrogens is 265 g/mol. The number of benzene rings is 2. The Hall–Kier alpha value is -1.87. The van der Waals surface area contributed by atoms with Gasteiger partial charge in [-0.25, -0.2) is 4.39 Å². The van der Waals surface area contributed by atoms with Gasteiger partial charge in [0.05, 0.1) is 0 Å². The Bertz CT molecular complexity index is 605. The van der Waals surface area contributed by atoms with Crippen molar-refractivity contribution in [1.29, 1.82) is 0 Å². The van der Waals surface area contributed by atoms with Crippen molar-refractivity contribution in [3.63, 3.8) is 0 Å². The minimum atomic E-state index is -0.176. The lowest BCUT2D eigenvalue weighted by molar-refractivity contribution is 0.270. The summed E-state index contributed by atoms with van der Waals surface area (Å²) < 4.78 is 12.9. The van der Waals surface area contributed by atoms with E-state index in [4.69, 9.17) is 0 Å². The fourth-order valence-corrected chi connectivity index (χ4v) is 3.00. The van der Waals surface area contributed by atoms with Crippen LogP contribution in [0.2, 0.25) is 0 Å². The normalized spacial score (nSPS) is 22.6. The summed E-state index contributed by atoms with van der Waals surface area (Å²) in [5, 5.41) is 13.1. The average Bonchev–Trinajstić information content (AvgIpc) is 2.43. The molecule has 2 nitrogen and oxygen atoms in total. The summed E-state index contributed by atoms with van der Waals surface area (Å²) in [6.07, 6.45) is 2.16.